The Bertz CT molecular complexity index is 475. The van der Waals surface area contributed by atoms with Crippen LogP contribution < -0.4 is 5.32 Å². The highest BCUT2D eigenvalue weighted by atomic mass is 32.2. The zero-order valence-corrected chi connectivity index (χ0v) is 12.7. The van der Waals surface area contributed by atoms with Gasteiger partial charge < -0.3 is 5.32 Å². The Morgan fingerprint density at radius 2 is 2.00 bits per heavy atom. The lowest BCUT2D eigenvalue weighted by Gasteiger charge is -2.14. The molecule has 0 heterocycles. The highest BCUT2D eigenvalue weighted by Crippen LogP contribution is 2.31. The number of hydrogen-bond acceptors (Lipinski definition) is 2. The fourth-order valence-electron chi connectivity index (χ4n) is 2.69. The zero-order chi connectivity index (χ0) is 15.5. The number of thioether (sulfide) groups is 1. The summed E-state index contributed by atoms with van der Waals surface area (Å²) in [7, 11) is 0. The number of alkyl halides is 3. The van der Waals surface area contributed by atoms with Crippen molar-refractivity contribution in [3.8, 4) is 0 Å². The Hall–Kier alpha value is -0.750. The van der Waals surface area contributed by atoms with E-state index >= 15 is 0 Å². The minimum Gasteiger partial charge on any atom is -0.310 e. The molecule has 1 nitrogen and oxygen atoms in total. The molecular weight excluding hydrogens is 302 g/mol. The number of nitrogens with one attached hydrogen (secondary N) is 1. The van der Waals surface area contributed by atoms with Crippen molar-refractivity contribution in [1.29, 1.82) is 0 Å². The minimum atomic E-state index is -4.51. The fourth-order valence-corrected chi connectivity index (χ4v) is 3.83. The van der Waals surface area contributed by atoms with E-state index in [9.17, 15) is 17.6 Å². The molecule has 1 aromatic rings. The van der Waals surface area contributed by atoms with Crippen LogP contribution in [0.2, 0.25) is 0 Å². The summed E-state index contributed by atoms with van der Waals surface area (Å²) in [6.45, 7) is 2.39. The molecule has 1 saturated carbocycles. The number of halogens is 4. The second-order valence-corrected chi connectivity index (χ2v) is 6.89. The number of hydrogen-bond donors (Lipinski definition) is 1. The molecule has 2 unspecified atom stereocenters. The van der Waals surface area contributed by atoms with Crippen molar-refractivity contribution < 1.29 is 17.6 Å². The third-order valence-corrected chi connectivity index (χ3v) is 4.90. The highest BCUT2D eigenvalue weighted by Gasteiger charge is 2.31. The molecule has 0 radical (unpaired) electrons. The van der Waals surface area contributed by atoms with E-state index in [1.165, 1.54) is 0 Å². The summed E-state index contributed by atoms with van der Waals surface area (Å²) in [5.74, 6) is 0.239. The van der Waals surface area contributed by atoms with E-state index in [0.717, 1.165) is 37.1 Å². The summed E-state index contributed by atoms with van der Waals surface area (Å²) in [6.07, 6.45) is -1.32. The Morgan fingerprint density at radius 3 is 2.67 bits per heavy atom. The largest absolute Gasteiger partial charge is 0.416 e. The Labute approximate surface area is 126 Å². The smallest absolute Gasteiger partial charge is 0.310 e. The normalized spacial score (nSPS) is 22.7. The van der Waals surface area contributed by atoms with E-state index in [1.54, 1.807) is 0 Å². The average Bonchev–Trinajstić information content (AvgIpc) is 2.83. The first-order valence-corrected chi connectivity index (χ1v) is 8.15. The molecule has 1 aliphatic rings. The molecule has 0 amide bonds. The maximum Gasteiger partial charge on any atom is 0.416 e. The maximum atomic E-state index is 13.3. The van der Waals surface area contributed by atoms with Gasteiger partial charge in [-0.15, -0.1) is 0 Å². The third-order valence-electron chi connectivity index (χ3n) is 3.67. The van der Waals surface area contributed by atoms with Crippen LogP contribution in [0.15, 0.2) is 18.2 Å². The van der Waals surface area contributed by atoms with Crippen LogP contribution in [0.4, 0.5) is 17.6 Å². The predicted octanol–water partition coefficient (Wildman–Crippen LogP) is 4.61. The van der Waals surface area contributed by atoms with Gasteiger partial charge in [0.2, 0.25) is 0 Å². The summed E-state index contributed by atoms with van der Waals surface area (Å²) in [5.41, 5.74) is -0.584. The molecule has 2 atom stereocenters. The van der Waals surface area contributed by atoms with Crippen LogP contribution in [0.1, 0.15) is 37.3 Å². The molecule has 1 aromatic carbocycles. The van der Waals surface area contributed by atoms with Crippen LogP contribution in [0.5, 0.6) is 0 Å². The van der Waals surface area contributed by atoms with Crippen molar-refractivity contribution in [2.45, 2.75) is 50.2 Å². The SMILES string of the molecule is CCSC1CCC(NCc2cc(F)cc(C(F)(F)F)c2)C1. The molecule has 0 saturated heterocycles. The van der Waals surface area contributed by atoms with Gasteiger partial charge in [-0.2, -0.15) is 24.9 Å². The summed E-state index contributed by atoms with van der Waals surface area (Å²) in [5, 5.41) is 3.88. The first-order chi connectivity index (χ1) is 9.88. The van der Waals surface area contributed by atoms with Gasteiger partial charge >= 0.3 is 6.18 Å². The highest BCUT2D eigenvalue weighted by molar-refractivity contribution is 7.99. The topological polar surface area (TPSA) is 12.0 Å². The summed E-state index contributed by atoms with van der Waals surface area (Å²) in [4.78, 5) is 0. The van der Waals surface area contributed by atoms with Gasteiger partial charge in [0, 0.05) is 17.8 Å². The van der Waals surface area contributed by atoms with Gasteiger partial charge in [-0.05, 0) is 48.8 Å². The quantitative estimate of drug-likeness (QED) is 0.795. The molecule has 0 bridgehead atoms. The molecule has 2 rings (SSSR count). The Morgan fingerprint density at radius 1 is 1.24 bits per heavy atom. The van der Waals surface area contributed by atoms with Gasteiger partial charge in [-0.25, -0.2) is 4.39 Å². The van der Waals surface area contributed by atoms with E-state index in [0.29, 0.717) is 22.9 Å². The number of benzene rings is 1. The number of rotatable bonds is 5. The zero-order valence-electron chi connectivity index (χ0n) is 11.8. The lowest BCUT2D eigenvalue weighted by molar-refractivity contribution is -0.137. The predicted molar refractivity (Wildman–Crippen MR) is 77.8 cm³/mol. The van der Waals surface area contributed by atoms with Gasteiger partial charge in [0.05, 0.1) is 5.56 Å². The van der Waals surface area contributed by atoms with E-state index in [1.807, 2.05) is 11.8 Å². The average molecular weight is 321 g/mol. The molecular formula is C15H19F4NS. The van der Waals surface area contributed by atoms with Crippen LogP contribution >= 0.6 is 11.8 Å². The molecule has 1 aliphatic carbocycles. The van der Waals surface area contributed by atoms with Gasteiger partial charge in [-0.1, -0.05) is 6.92 Å². The molecule has 6 heteroatoms. The van der Waals surface area contributed by atoms with Crippen molar-refractivity contribution in [3.05, 3.63) is 35.1 Å². The molecule has 0 aromatic heterocycles. The van der Waals surface area contributed by atoms with Crippen LogP contribution in [0, 0.1) is 5.82 Å². The molecule has 21 heavy (non-hydrogen) atoms. The van der Waals surface area contributed by atoms with Crippen LogP contribution in [-0.4, -0.2) is 17.0 Å². The molecule has 1 N–H and O–H groups in total. The monoisotopic (exact) mass is 321 g/mol. The van der Waals surface area contributed by atoms with Crippen LogP contribution in [0.25, 0.3) is 0 Å². The lowest BCUT2D eigenvalue weighted by atomic mass is 10.1. The van der Waals surface area contributed by atoms with E-state index in [4.69, 9.17) is 0 Å². The van der Waals surface area contributed by atoms with Crippen molar-refractivity contribution in [1.82, 2.24) is 5.32 Å². The molecule has 0 spiro atoms. The lowest BCUT2D eigenvalue weighted by Crippen LogP contribution is -2.26. The van der Waals surface area contributed by atoms with Crippen molar-refractivity contribution in [2.24, 2.45) is 0 Å². The Balaban J connectivity index is 1.93. The Kier molecular flexibility index (Phi) is 5.54. The standard InChI is InChI=1S/C15H19F4NS/c1-2-21-14-4-3-13(8-14)20-9-10-5-11(15(17,18)19)7-12(16)6-10/h5-7,13-14,20H,2-4,8-9H2,1H3. The molecule has 118 valence electrons. The van der Waals surface area contributed by atoms with E-state index in [-0.39, 0.29) is 6.54 Å². The fraction of sp³-hybridized carbons (Fsp3) is 0.600. The second-order valence-electron chi connectivity index (χ2n) is 5.31. The minimum absolute atomic E-state index is 0.273. The summed E-state index contributed by atoms with van der Waals surface area (Å²) < 4.78 is 51.2. The summed E-state index contributed by atoms with van der Waals surface area (Å²) >= 11 is 1.92. The van der Waals surface area contributed by atoms with Crippen LogP contribution in [0.3, 0.4) is 0 Å². The van der Waals surface area contributed by atoms with Gasteiger partial charge in [0.1, 0.15) is 5.82 Å². The summed E-state index contributed by atoms with van der Waals surface area (Å²) in [6, 6.07) is 3.03. The van der Waals surface area contributed by atoms with Gasteiger partial charge in [0.25, 0.3) is 0 Å². The van der Waals surface area contributed by atoms with E-state index < -0.39 is 17.6 Å². The first kappa shape index (κ1) is 16.6. The second kappa shape index (κ2) is 7.01. The third kappa shape index (κ3) is 4.88. The van der Waals surface area contributed by atoms with Crippen molar-refractivity contribution in [3.63, 3.8) is 0 Å². The van der Waals surface area contributed by atoms with Crippen LogP contribution in [-0.2, 0) is 12.7 Å². The van der Waals surface area contributed by atoms with E-state index in [2.05, 4.69) is 12.2 Å². The van der Waals surface area contributed by atoms with Crippen molar-refractivity contribution in [2.75, 3.05) is 5.75 Å². The first-order valence-electron chi connectivity index (χ1n) is 7.10. The molecule has 1 fully saturated rings. The molecule has 0 aliphatic heterocycles. The maximum absolute atomic E-state index is 13.3. The van der Waals surface area contributed by atoms with Crippen molar-refractivity contribution >= 4 is 11.8 Å². The van der Waals surface area contributed by atoms with Gasteiger partial charge in [0.15, 0.2) is 0 Å². The van der Waals surface area contributed by atoms with Gasteiger partial charge in [-0.3, -0.25) is 0 Å².